The van der Waals surface area contributed by atoms with Crippen molar-refractivity contribution in [1.82, 2.24) is 24.5 Å². The zero-order valence-corrected chi connectivity index (χ0v) is 23.8. The van der Waals surface area contributed by atoms with Crippen molar-refractivity contribution in [3.63, 3.8) is 0 Å². The fourth-order valence-corrected chi connectivity index (χ4v) is 6.30. The number of imidazole rings is 1. The molecule has 0 saturated heterocycles. The molecular formula is C28H25ClF3N5O3S. The second-order valence-corrected chi connectivity index (χ2v) is 12.1. The Kier molecular flexibility index (Phi) is 7.43. The summed E-state index contributed by atoms with van der Waals surface area (Å²) in [5, 5.41) is 18.5. The number of aliphatic hydroxyl groups is 1. The lowest BCUT2D eigenvalue weighted by Gasteiger charge is -2.34. The third-order valence-electron chi connectivity index (χ3n) is 7.09. The molecular weight excluding hydrogens is 579 g/mol. The predicted octanol–water partition coefficient (Wildman–Crippen LogP) is 5.74. The second-order valence-electron chi connectivity index (χ2n) is 9.73. The van der Waals surface area contributed by atoms with Gasteiger partial charge in [-0.15, -0.1) is 5.10 Å². The van der Waals surface area contributed by atoms with E-state index in [1.54, 1.807) is 66.9 Å². The fraction of sp³-hybridized carbons (Fsp3) is 0.250. The summed E-state index contributed by atoms with van der Waals surface area (Å²) in [6.07, 6.45) is 0.526. The summed E-state index contributed by atoms with van der Waals surface area (Å²) in [6, 6.07) is 13.1. The van der Waals surface area contributed by atoms with E-state index in [9.17, 15) is 22.3 Å². The van der Waals surface area contributed by atoms with Gasteiger partial charge in [0.2, 0.25) is 5.79 Å². The number of rotatable bonds is 7. The maximum atomic E-state index is 17.3. The molecule has 1 aliphatic rings. The van der Waals surface area contributed by atoms with Gasteiger partial charge in [-0.2, -0.15) is 0 Å². The Balaban J connectivity index is 1.62. The Bertz CT molecular complexity index is 1800. The summed E-state index contributed by atoms with van der Waals surface area (Å²) in [4.78, 5) is 3.60. The first-order valence-corrected chi connectivity index (χ1v) is 14.7. The van der Waals surface area contributed by atoms with Crippen LogP contribution in [0.15, 0.2) is 71.3 Å². The number of halogens is 4. The third-order valence-corrected chi connectivity index (χ3v) is 8.50. The molecule has 214 valence electrons. The van der Waals surface area contributed by atoms with Crippen molar-refractivity contribution in [2.24, 2.45) is 0 Å². The normalized spacial score (nSPS) is 17.8. The van der Waals surface area contributed by atoms with E-state index >= 15 is 4.39 Å². The minimum absolute atomic E-state index is 0.250. The molecule has 41 heavy (non-hydrogen) atoms. The number of aryl methyl sites for hydroxylation is 1. The maximum absolute atomic E-state index is 17.3. The van der Waals surface area contributed by atoms with E-state index in [2.05, 4.69) is 15.3 Å². The van der Waals surface area contributed by atoms with Crippen LogP contribution in [0.3, 0.4) is 0 Å². The lowest BCUT2D eigenvalue weighted by atomic mass is 9.87. The highest BCUT2D eigenvalue weighted by molar-refractivity contribution is 7.94. The summed E-state index contributed by atoms with van der Waals surface area (Å²) in [5.74, 6) is -2.22. The van der Waals surface area contributed by atoms with Gasteiger partial charge in [-0.3, -0.25) is 0 Å². The summed E-state index contributed by atoms with van der Waals surface area (Å²) in [7, 11) is -4.00. The molecule has 0 amide bonds. The Labute approximate surface area is 239 Å². The molecule has 2 aromatic heterocycles. The second kappa shape index (κ2) is 10.6. The summed E-state index contributed by atoms with van der Waals surface area (Å²) < 4.78 is 72.3. The van der Waals surface area contributed by atoms with Crippen LogP contribution < -0.4 is 0 Å². The van der Waals surface area contributed by atoms with E-state index in [1.807, 2.05) is 0 Å². The topological polar surface area (TPSA) is 103 Å². The molecule has 5 rings (SSSR count). The lowest BCUT2D eigenvalue weighted by molar-refractivity contribution is 0.0866. The van der Waals surface area contributed by atoms with Crippen molar-refractivity contribution in [3.05, 3.63) is 99.1 Å². The molecule has 13 heteroatoms. The average molecular weight is 604 g/mol. The van der Waals surface area contributed by atoms with Crippen LogP contribution in [0.25, 0.3) is 22.5 Å². The summed E-state index contributed by atoms with van der Waals surface area (Å²) >= 11 is 6.01. The van der Waals surface area contributed by atoms with Crippen LogP contribution in [0.2, 0.25) is 5.02 Å². The van der Waals surface area contributed by atoms with Gasteiger partial charge in [-0.1, -0.05) is 41.1 Å². The van der Waals surface area contributed by atoms with E-state index in [-0.39, 0.29) is 28.3 Å². The maximum Gasteiger partial charge on any atom is 0.282 e. The van der Waals surface area contributed by atoms with Crippen molar-refractivity contribution in [1.29, 1.82) is 0 Å². The smallest absolute Gasteiger partial charge is 0.282 e. The highest BCUT2D eigenvalue weighted by Crippen LogP contribution is 2.46. The molecule has 4 aromatic rings. The number of sulfone groups is 1. The van der Waals surface area contributed by atoms with Gasteiger partial charge in [0.15, 0.2) is 9.84 Å². The van der Waals surface area contributed by atoms with Crippen molar-refractivity contribution >= 4 is 27.0 Å². The van der Waals surface area contributed by atoms with Gasteiger partial charge in [0.25, 0.3) is 6.43 Å². The number of aromatic nitrogens is 5. The molecule has 1 N–H and O–H groups in total. The first-order chi connectivity index (χ1) is 19.3. The first kappa shape index (κ1) is 28.8. The van der Waals surface area contributed by atoms with Crippen LogP contribution in [0, 0.1) is 13.8 Å². The number of allylic oxidation sites excluding steroid dienone is 2. The van der Waals surface area contributed by atoms with Gasteiger partial charge in [-0.25, -0.2) is 31.3 Å². The molecule has 8 nitrogen and oxygen atoms in total. The third kappa shape index (κ3) is 5.11. The number of hydrogen-bond acceptors (Lipinski definition) is 6. The van der Waals surface area contributed by atoms with E-state index in [4.69, 9.17) is 11.6 Å². The number of hydrogen-bond donors (Lipinski definition) is 1. The van der Waals surface area contributed by atoms with Gasteiger partial charge in [-0.05, 0) is 55.3 Å². The Hall–Kier alpha value is -3.74. The largest absolute Gasteiger partial charge is 0.392 e. The number of alkyl halides is 3. The lowest BCUT2D eigenvalue weighted by Crippen LogP contribution is -2.38. The van der Waals surface area contributed by atoms with Crippen LogP contribution in [-0.2, 0) is 15.6 Å². The monoisotopic (exact) mass is 603 g/mol. The highest BCUT2D eigenvalue weighted by atomic mass is 35.5. The molecule has 0 saturated carbocycles. The fourth-order valence-electron chi connectivity index (χ4n) is 5.15. The van der Waals surface area contributed by atoms with Gasteiger partial charge < -0.3 is 9.67 Å². The minimum Gasteiger partial charge on any atom is -0.392 e. The van der Waals surface area contributed by atoms with E-state index < -0.39 is 28.7 Å². The number of benzene rings is 2. The Morgan fingerprint density at radius 1 is 1.07 bits per heavy atom. The van der Waals surface area contributed by atoms with Crippen LogP contribution in [-0.4, -0.2) is 50.9 Å². The van der Waals surface area contributed by atoms with Gasteiger partial charge >= 0.3 is 0 Å². The molecule has 2 heterocycles. The van der Waals surface area contributed by atoms with Crippen LogP contribution in [0.1, 0.15) is 35.6 Å². The van der Waals surface area contributed by atoms with Crippen molar-refractivity contribution in [2.45, 2.75) is 32.5 Å². The summed E-state index contributed by atoms with van der Waals surface area (Å²) in [5.41, 5.74) is 1.76. The Morgan fingerprint density at radius 3 is 2.27 bits per heavy atom. The standard InChI is InChI=1S/C28H25ClF3N5O3S/c1-16-26(27(30)31)34-17(2)36(16)22-10-6-18(7-11-22)20-12-25(41(3,39)40)23(15-38)28(32,13-20)37-24(14-33-35-37)19-4-8-21(29)9-5-19/h4-12,14,27,38H,13,15H2,1-3H3. The first-order valence-electron chi connectivity index (χ1n) is 12.4. The van der Waals surface area contributed by atoms with Crippen LogP contribution in [0.5, 0.6) is 0 Å². The molecule has 0 aliphatic heterocycles. The zero-order chi connectivity index (χ0) is 29.7. The molecule has 1 atom stereocenters. The molecule has 1 unspecified atom stereocenters. The molecule has 1 aliphatic carbocycles. The highest BCUT2D eigenvalue weighted by Gasteiger charge is 2.45. The molecule has 2 aromatic carbocycles. The summed E-state index contributed by atoms with van der Waals surface area (Å²) in [6.45, 7) is 2.28. The van der Waals surface area contributed by atoms with Gasteiger partial charge in [0.05, 0.1) is 23.4 Å². The molecule has 0 bridgehead atoms. The molecule has 0 fully saturated rings. The van der Waals surface area contributed by atoms with Gasteiger partial charge in [0.1, 0.15) is 11.5 Å². The molecule has 0 radical (unpaired) electrons. The predicted molar refractivity (Wildman–Crippen MR) is 149 cm³/mol. The van der Waals surface area contributed by atoms with E-state index in [0.29, 0.717) is 38.9 Å². The minimum atomic E-state index is -4.00. The molecule has 0 spiro atoms. The quantitative estimate of drug-likeness (QED) is 0.289. The number of aliphatic hydroxyl groups excluding tert-OH is 1. The zero-order valence-electron chi connectivity index (χ0n) is 22.2. The van der Waals surface area contributed by atoms with Crippen LogP contribution in [0.4, 0.5) is 13.2 Å². The number of nitrogens with zero attached hydrogens (tertiary/aromatic N) is 5. The van der Waals surface area contributed by atoms with Crippen molar-refractivity contribution < 1.29 is 26.7 Å². The van der Waals surface area contributed by atoms with Crippen LogP contribution >= 0.6 is 11.6 Å². The SMILES string of the molecule is Cc1nc(C(F)F)c(C)n1-c1ccc(C2=CC(S(C)(=O)=O)=C(CO)C(F)(n3nncc3-c3ccc(Cl)cc3)C2)cc1. The van der Waals surface area contributed by atoms with Crippen molar-refractivity contribution in [2.75, 3.05) is 12.9 Å². The Morgan fingerprint density at radius 2 is 1.71 bits per heavy atom. The van der Waals surface area contributed by atoms with Crippen molar-refractivity contribution in [3.8, 4) is 16.9 Å². The van der Waals surface area contributed by atoms with E-state index in [0.717, 1.165) is 10.9 Å². The van der Waals surface area contributed by atoms with E-state index in [1.165, 1.54) is 12.3 Å². The van der Waals surface area contributed by atoms with Gasteiger partial charge in [0, 0.05) is 40.2 Å². The average Bonchev–Trinajstić information content (AvgIpc) is 3.53.